The normalized spacial score (nSPS) is 18.1. The summed E-state index contributed by atoms with van der Waals surface area (Å²) >= 11 is 0. The molecule has 2 N–H and O–H groups in total. The number of hydrogen-bond acceptors (Lipinski definition) is 1. The first kappa shape index (κ1) is 15.6. The van der Waals surface area contributed by atoms with Gasteiger partial charge in [-0.2, -0.15) is 0 Å². The molecular weight excluding hydrogens is 242 g/mol. The van der Waals surface area contributed by atoms with Crippen LogP contribution in [0.25, 0.3) is 0 Å². The molecule has 1 fully saturated rings. The third-order valence-corrected chi connectivity index (χ3v) is 5.01. The highest BCUT2D eigenvalue weighted by atomic mass is 14.6. The van der Waals surface area contributed by atoms with E-state index in [0.717, 1.165) is 25.2 Å². The van der Waals surface area contributed by atoms with Crippen molar-refractivity contribution < 1.29 is 0 Å². The zero-order chi connectivity index (χ0) is 14.4. The molecular formula is C19H31N. The van der Waals surface area contributed by atoms with Gasteiger partial charge in [0.2, 0.25) is 0 Å². The second-order valence-corrected chi connectivity index (χ2v) is 6.43. The Labute approximate surface area is 125 Å². The minimum absolute atomic E-state index is 0.235. The van der Waals surface area contributed by atoms with Crippen LogP contribution in [0, 0.1) is 5.92 Å². The Morgan fingerprint density at radius 3 is 2.50 bits per heavy atom. The van der Waals surface area contributed by atoms with E-state index in [9.17, 15) is 0 Å². The predicted octanol–water partition coefficient (Wildman–Crippen LogP) is 5.17. The van der Waals surface area contributed by atoms with Crippen LogP contribution in [-0.4, -0.2) is 0 Å². The van der Waals surface area contributed by atoms with Crippen molar-refractivity contribution in [1.82, 2.24) is 0 Å². The van der Waals surface area contributed by atoms with Crippen molar-refractivity contribution in [1.29, 1.82) is 0 Å². The molecule has 0 aliphatic heterocycles. The molecule has 1 aliphatic rings. The van der Waals surface area contributed by atoms with Crippen molar-refractivity contribution in [2.75, 3.05) is 0 Å². The fourth-order valence-electron chi connectivity index (χ4n) is 3.58. The Hall–Kier alpha value is -0.820. The first-order valence-electron chi connectivity index (χ1n) is 8.61. The Morgan fingerprint density at radius 1 is 1.10 bits per heavy atom. The molecule has 0 saturated heterocycles. The molecule has 0 spiro atoms. The van der Waals surface area contributed by atoms with E-state index in [1.54, 1.807) is 0 Å². The van der Waals surface area contributed by atoms with E-state index >= 15 is 0 Å². The summed E-state index contributed by atoms with van der Waals surface area (Å²) in [6, 6.07) is 7.13. The topological polar surface area (TPSA) is 26.0 Å². The van der Waals surface area contributed by atoms with Crippen LogP contribution in [-0.2, 0) is 12.8 Å². The largest absolute Gasteiger partial charge is 0.324 e. The Morgan fingerprint density at radius 2 is 1.85 bits per heavy atom. The lowest BCUT2D eigenvalue weighted by Crippen LogP contribution is -2.16. The molecule has 1 nitrogen and oxygen atoms in total. The molecule has 0 radical (unpaired) electrons. The second-order valence-electron chi connectivity index (χ2n) is 6.43. The highest BCUT2D eigenvalue weighted by molar-refractivity contribution is 5.34. The van der Waals surface area contributed by atoms with E-state index < -0.39 is 0 Å². The van der Waals surface area contributed by atoms with Gasteiger partial charge in [-0.05, 0) is 48.3 Å². The van der Waals surface area contributed by atoms with Crippen LogP contribution < -0.4 is 5.73 Å². The molecule has 1 saturated carbocycles. The zero-order valence-electron chi connectivity index (χ0n) is 13.3. The summed E-state index contributed by atoms with van der Waals surface area (Å²) in [5.41, 5.74) is 10.8. The molecule has 0 heterocycles. The Kier molecular flexibility index (Phi) is 6.09. The van der Waals surface area contributed by atoms with Crippen molar-refractivity contribution >= 4 is 0 Å². The molecule has 1 atom stereocenters. The lowest BCUT2D eigenvalue weighted by atomic mass is 9.84. The molecule has 1 aliphatic carbocycles. The van der Waals surface area contributed by atoms with E-state index in [1.165, 1.54) is 55.2 Å². The fourth-order valence-corrected chi connectivity index (χ4v) is 3.58. The van der Waals surface area contributed by atoms with E-state index in [2.05, 4.69) is 32.0 Å². The van der Waals surface area contributed by atoms with Gasteiger partial charge < -0.3 is 5.73 Å². The van der Waals surface area contributed by atoms with Crippen molar-refractivity contribution in [3.63, 3.8) is 0 Å². The van der Waals surface area contributed by atoms with Gasteiger partial charge in [0.25, 0.3) is 0 Å². The summed E-state index contributed by atoms with van der Waals surface area (Å²) in [7, 11) is 0. The van der Waals surface area contributed by atoms with Gasteiger partial charge in [0.15, 0.2) is 0 Å². The summed E-state index contributed by atoms with van der Waals surface area (Å²) in [4.78, 5) is 0. The monoisotopic (exact) mass is 273 g/mol. The predicted molar refractivity (Wildman–Crippen MR) is 87.9 cm³/mol. The summed E-state index contributed by atoms with van der Waals surface area (Å²) in [6.45, 7) is 4.45. The van der Waals surface area contributed by atoms with Crippen LogP contribution in [0.15, 0.2) is 18.2 Å². The molecule has 0 aromatic heterocycles. The minimum Gasteiger partial charge on any atom is -0.324 e. The number of rotatable bonds is 6. The molecule has 1 aromatic carbocycles. The van der Waals surface area contributed by atoms with E-state index in [0.29, 0.717) is 0 Å². The van der Waals surface area contributed by atoms with E-state index in [-0.39, 0.29) is 6.04 Å². The lowest BCUT2D eigenvalue weighted by molar-refractivity contribution is 0.324. The third kappa shape index (κ3) is 4.09. The summed E-state index contributed by atoms with van der Waals surface area (Å²) in [5, 5.41) is 0. The molecule has 20 heavy (non-hydrogen) atoms. The summed E-state index contributed by atoms with van der Waals surface area (Å²) in [6.07, 6.45) is 11.9. The molecule has 1 aromatic rings. The van der Waals surface area contributed by atoms with Gasteiger partial charge in [-0.1, -0.05) is 64.2 Å². The summed E-state index contributed by atoms with van der Waals surface area (Å²) < 4.78 is 0. The SMILES string of the molecule is CCc1ccc(CC)c(C(N)CCC2CCCCC2)c1. The zero-order valence-corrected chi connectivity index (χ0v) is 13.3. The van der Waals surface area contributed by atoms with Gasteiger partial charge in [0.1, 0.15) is 0 Å². The van der Waals surface area contributed by atoms with Crippen LogP contribution in [0.4, 0.5) is 0 Å². The van der Waals surface area contributed by atoms with Gasteiger partial charge in [-0.25, -0.2) is 0 Å². The highest BCUT2D eigenvalue weighted by Crippen LogP contribution is 2.30. The quantitative estimate of drug-likeness (QED) is 0.760. The molecule has 0 amide bonds. The maximum absolute atomic E-state index is 6.51. The van der Waals surface area contributed by atoms with Gasteiger partial charge >= 0.3 is 0 Å². The fraction of sp³-hybridized carbons (Fsp3) is 0.684. The molecule has 1 unspecified atom stereocenters. The maximum Gasteiger partial charge on any atom is 0.0297 e. The molecule has 1 heteroatoms. The van der Waals surface area contributed by atoms with Crippen molar-refractivity contribution in [2.24, 2.45) is 11.7 Å². The smallest absolute Gasteiger partial charge is 0.0297 e. The van der Waals surface area contributed by atoms with Crippen LogP contribution in [0.2, 0.25) is 0 Å². The maximum atomic E-state index is 6.51. The van der Waals surface area contributed by atoms with Gasteiger partial charge in [0.05, 0.1) is 0 Å². The van der Waals surface area contributed by atoms with Crippen LogP contribution >= 0.6 is 0 Å². The van der Waals surface area contributed by atoms with Gasteiger partial charge in [-0.3, -0.25) is 0 Å². The average molecular weight is 273 g/mol. The Balaban J connectivity index is 1.98. The van der Waals surface area contributed by atoms with Crippen molar-refractivity contribution in [3.05, 3.63) is 34.9 Å². The Bertz CT molecular complexity index is 404. The third-order valence-electron chi connectivity index (χ3n) is 5.01. The van der Waals surface area contributed by atoms with Crippen molar-refractivity contribution in [2.45, 2.75) is 77.7 Å². The van der Waals surface area contributed by atoms with Crippen LogP contribution in [0.5, 0.6) is 0 Å². The van der Waals surface area contributed by atoms with Crippen LogP contribution in [0.3, 0.4) is 0 Å². The second kappa shape index (κ2) is 7.83. The molecule has 2 rings (SSSR count). The molecule has 112 valence electrons. The number of hydrogen-bond donors (Lipinski definition) is 1. The first-order valence-corrected chi connectivity index (χ1v) is 8.61. The number of nitrogens with two attached hydrogens (primary N) is 1. The highest BCUT2D eigenvalue weighted by Gasteiger charge is 2.16. The lowest BCUT2D eigenvalue weighted by Gasteiger charge is -2.24. The number of aryl methyl sites for hydroxylation is 2. The standard InChI is InChI=1S/C19H31N/c1-3-15-10-12-17(4-2)18(14-15)19(20)13-11-16-8-6-5-7-9-16/h10,12,14,16,19H,3-9,11,13,20H2,1-2H3. The van der Waals surface area contributed by atoms with Crippen LogP contribution in [0.1, 0.15) is 81.5 Å². The minimum atomic E-state index is 0.235. The first-order chi connectivity index (χ1) is 9.74. The van der Waals surface area contributed by atoms with E-state index in [4.69, 9.17) is 5.73 Å². The van der Waals surface area contributed by atoms with Gasteiger partial charge in [-0.15, -0.1) is 0 Å². The summed E-state index contributed by atoms with van der Waals surface area (Å²) in [5.74, 6) is 0.939. The molecule has 0 bridgehead atoms. The van der Waals surface area contributed by atoms with Crippen molar-refractivity contribution in [3.8, 4) is 0 Å². The number of benzene rings is 1. The van der Waals surface area contributed by atoms with E-state index in [1.807, 2.05) is 0 Å². The average Bonchev–Trinajstić information content (AvgIpc) is 2.52. The van der Waals surface area contributed by atoms with Gasteiger partial charge in [0, 0.05) is 6.04 Å².